The highest BCUT2D eigenvalue weighted by molar-refractivity contribution is 6.30. The minimum atomic E-state index is -0.551. The fourth-order valence-electron chi connectivity index (χ4n) is 5.67. The van der Waals surface area contributed by atoms with Crippen molar-refractivity contribution in [1.82, 2.24) is 26.8 Å². The van der Waals surface area contributed by atoms with E-state index in [1.807, 2.05) is 0 Å². The number of amides is 1. The molecule has 1 amide bonds. The van der Waals surface area contributed by atoms with Crippen molar-refractivity contribution in [3.8, 4) is 5.75 Å². The standard InChI is InChI=1S/C22H31ClFN5O2/c23-17-2-1-16(6-18(17)24)31-11-21(30)28-20-7-19(13-4-14(20)5-13)25-8-12-3-15-10-27-29-22(15)26-9-12/h1-2,6,12-15,19-20,22,25-27,29H,3-5,7-11H2,(H,28,30). The summed E-state index contributed by atoms with van der Waals surface area (Å²) < 4.78 is 19.0. The molecule has 31 heavy (non-hydrogen) atoms. The molecule has 2 aliphatic heterocycles. The van der Waals surface area contributed by atoms with Crippen LogP contribution in [0.2, 0.25) is 5.02 Å². The van der Waals surface area contributed by atoms with Crippen LogP contribution in [0.15, 0.2) is 18.2 Å². The van der Waals surface area contributed by atoms with Crippen LogP contribution in [0.5, 0.6) is 5.75 Å². The van der Waals surface area contributed by atoms with Crippen molar-refractivity contribution in [2.45, 2.75) is 43.9 Å². The van der Waals surface area contributed by atoms with Crippen LogP contribution in [0.25, 0.3) is 0 Å². The molecule has 5 unspecified atom stereocenters. The first-order valence-corrected chi connectivity index (χ1v) is 11.8. The summed E-state index contributed by atoms with van der Waals surface area (Å²) in [4.78, 5) is 12.4. The Balaban J connectivity index is 1.07. The molecule has 5 fully saturated rings. The molecule has 7 nitrogen and oxygen atoms in total. The topological polar surface area (TPSA) is 86.5 Å². The predicted octanol–water partition coefficient (Wildman–Crippen LogP) is 1.39. The maximum absolute atomic E-state index is 13.5. The molecule has 9 heteroatoms. The van der Waals surface area contributed by atoms with E-state index in [4.69, 9.17) is 16.3 Å². The zero-order valence-corrected chi connectivity index (χ0v) is 18.3. The molecule has 2 heterocycles. The van der Waals surface area contributed by atoms with Gasteiger partial charge in [0.15, 0.2) is 6.61 Å². The number of carbonyl (C=O) groups is 1. The maximum atomic E-state index is 13.5. The molecule has 5 aliphatic rings. The van der Waals surface area contributed by atoms with E-state index in [9.17, 15) is 9.18 Å². The second-order valence-corrected chi connectivity index (χ2v) is 9.96. The summed E-state index contributed by atoms with van der Waals surface area (Å²) in [6.45, 7) is 2.96. The lowest BCUT2D eigenvalue weighted by Crippen LogP contribution is -2.60. The summed E-state index contributed by atoms with van der Waals surface area (Å²) in [6.07, 6.45) is 4.95. The van der Waals surface area contributed by atoms with Gasteiger partial charge < -0.3 is 20.7 Å². The largest absolute Gasteiger partial charge is 0.484 e. The van der Waals surface area contributed by atoms with Gasteiger partial charge in [-0.15, -0.1) is 0 Å². The van der Waals surface area contributed by atoms with E-state index in [2.05, 4.69) is 26.8 Å². The predicted molar refractivity (Wildman–Crippen MR) is 116 cm³/mol. The molecule has 1 aromatic carbocycles. The zero-order valence-electron chi connectivity index (χ0n) is 17.5. The van der Waals surface area contributed by atoms with Gasteiger partial charge in [-0.2, -0.15) is 0 Å². The smallest absolute Gasteiger partial charge is 0.258 e. The fourth-order valence-corrected chi connectivity index (χ4v) is 5.78. The lowest BCUT2D eigenvalue weighted by Gasteiger charge is -2.52. The Morgan fingerprint density at radius 1 is 1.13 bits per heavy atom. The molecule has 1 aromatic rings. The van der Waals surface area contributed by atoms with E-state index in [0.29, 0.717) is 35.7 Å². The number of piperidine rings is 1. The second kappa shape index (κ2) is 9.19. The number of hydrogen-bond donors (Lipinski definition) is 5. The van der Waals surface area contributed by atoms with Gasteiger partial charge in [-0.1, -0.05) is 11.6 Å². The molecule has 6 rings (SSSR count). The quantitative estimate of drug-likeness (QED) is 0.431. The maximum Gasteiger partial charge on any atom is 0.258 e. The number of hydrogen-bond acceptors (Lipinski definition) is 6. The molecule has 2 saturated heterocycles. The number of rotatable bonds is 7. The Morgan fingerprint density at radius 2 is 1.97 bits per heavy atom. The lowest BCUT2D eigenvalue weighted by atomic mass is 9.60. The van der Waals surface area contributed by atoms with E-state index < -0.39 is 5.82 Å². The van der Waals surface area contributed by atoms with Crippen LogP contribution in [-0.2, 0) is 4.79 Å². The Morgan fingerprint density at radius 3 is 2.81 bits per heavy atom. The third-order valence-corrected chi connectivity index (χ3v) is 7.80. The van der Waals surface area contributed by atoms with Gasteiger partial charge in [0.25, 0.3) is 5.91 Å². The molecule has 0 radical (unpaired) electrons. The Kier molecular flexibility index (Phi) is 6.35. The van der Waals surface area contributed by atoms with Gasteiger partial charge in [0, 0.05) is 37.2 Å². The van der Waals surface area contributed by atoms with Gasteiger partial charge in [0.1, 0.15) is 11.6 Å². The SMILES string of the molecule is O=C(COc1ccc(Cl)c(F)c1)NC1CC(NCC2CNC3NNCC3C2)C2CC1C2. The third-order valence-electron chi connectivity index (χ3n) is 7.49. The first-order valence-electron chi connectivity index (χ1n) is 11.4. The Labute approximate surface area is 187 Å². The van der Waals surface area contributed by atoms with Gasteiger partial charge >= 0.3 is 0 Å². The van der Waals surface area contributed by atoms with E-state index in [0.717, 1.165) is 32.0 Å². The number of fused-ring (bicyclic) bond motifs is 3. The number of hydrazine groups is 1. The van der Waals surface area contributed by atoms with Gasteiger partial charge in [-0.3, -0.25) is 10.2 Å². The van der Waals surface area contributed by atoms with E-state index in [1.54, 1.807) is 6.07 Å². The first kappa shape index (κ1) is 21.4. The van der Waals surface area contributed by atoms with Crippen molar-refractivity contribution in [3.63, 3.8) is 0 Å². The molecule has 5 N–H and O–H groups in total. The minimum absolute atomic E-state index is 0.0393. The van der Waals surface area contributed by atoms with Crippen LogP contribution in [0.1, 0.15) is 25.7 Å². The van der Waals surface area contributed by atoms with Crippen molar-refractivity contribution >= 4 is 17.5 Å². The number of nitrogens with one attached hydrogen (secondary N) is 5. The van der Waals surface area contributed by atoms with Gasteiger partial charge in [-0.25, -0.2) is 9.82 Å². The van der Waals surface area contributed by atoms with Crippen molar-refractivity contribution in [2.24, 2.45) is 23.7 Å². The van der Waals surface area contributed by atoms with Crippen molar-refractivity contribution in [1.29, 1.82) is 0 Å². The van der Waals surface area contributed by atoms with Crippen LogP contribution in [-0.4, -0.2) is 50.4 Å². The van der Waals surface area contributed by atoms with Crippen LogP contribution >= 0.6 is 11.6 Å². The van der Waals surface area contributed by atoms with Gasteiger partial charge in [-0.05, 0) is 62.1 Å². The van der Waals surface area contributed by atoms with E-state index in [-0.39, 0.29) is 23.6 Å². The van der Waals surface area contributed by atoms with Crippen molar-refractivity contribution < 1.29 is 13.9 Å². The molecule has 3 aliphatic carbocycles. The molecule has 0 aromatic heterocycles. The second-order valence-electron chi connectivity index (χ2n) is 9.55. The fraction of sp³-hybridized carbons (Fsp3) is 0.682. The highest BCUT2D eigenvalue weighted by Crippen LogP contribution is 2.45. The summed E-state index contributed by atoms with van der Waals surface area (Å²) in [5, 5.41) is 10.6. The summed E-state index contributed by atoms with van der Waals surface area (Å²) in [6, 6.07) is 4.83. The van der Waals surface area contributed by atoms with Crippen LogP contribution in [0.4, 0.5) is 4.39 Å². The van der Waals surface area contributed by atoms with Gasteiger partial charge in [0.2, 0.25) is 0 Å². The van der Waals surface area contributed by atoms with Crippen molar-refractivity contribution in [3.05, 3.63) is 29.0 Å². The summed E-state index contributed by atoms with van der Waals surface area (Å²) >= 11 is 5.68. The summed E-state index contributed by atoms with van der Waals surface area (Å²) in [5.41, 5.74) is 6.54. The van der Waals surface area contributed by atoms with Gasteiger partial charge in [0.05, 0.1) is 11.2 Å². The normalized spacial score (nSPS) is 36.4. The Hall–Kier alpha value is -1.45. The van der Waals surface area contributed by atoms with Crippen molar-refractivity contribution in [2.75, 3.05) is 26.2 Å². The average molecular weight is 452 g/mol. The number of ether oxygens (including phenoxy) is 1. The van der Waals surface area contributed by atoms with Crippen LogP contribution in [0.3, 0.4) is 0 Å². The van der Waals surface area contributed by atoms with Crippen LogP contribution in [0, 0.1) is 29.5 Å². The van der Waals surface area contributed by atoms with E-state index >= 15 is 0 Å². The van der Waals surface area contributed by atoms with E-state index in [1.165, 1.54) is 31.4 Å². The Bertz CT molecular complexity index is 808. The van der Waals surface area contributed by atoms with Crippen LogP contribution < -0.4 is 31.5 Å². The monoisotopic (exact) mass is 451 g/mol. The molecular weight excluding hydrogens is 421 g/mol. The zero-order chi connectivity index (χ0) is 21.4. The first-order chi connectivity index (χ1) is 15.0. The number of carbonyl (C=O) groups excluding carboxylic acids is 1. The highest BCUT2D eigenvalue weighted by Gasteiger charge is 2.46. The minimum Gasteiger partial charge on any atom is -0.484 e. The molecule has 170 valence electrons. The average Bonchev–Trinajstić information content (AvgIpc) is 3.20. The molecule has 2 bridgehead atoms. The molecular formula is C22H31ClFN5O2. The highest BCUT2D eigenvalue weighted by atomic mass is 35.5. The molecule has 5 atom stereocenters. The lowest BCUT2D eigenvalue weighted by molar-refractivity contribution is -0.125. The summed E-state index contributed by atoms with van der Waals surface area (Å²) in [7, 11) is 0. The number of halogens is 2. The molecule has 3 saturated carbocycles. The summed E-state index contributed by atoms with van der Waals surface area (Å²) in [5.74, 6) is 2.18. The molecule has 0 spiro atoms. The third kappa shape index (κ3) is 4.83. The number of benzene rings is 1.